The number of hydrogen-bond acceptors (Lipinski definition) is 4. The lowest BCUT2D eigenvalue weighted by atomic mass is 10.2. The van der Waals surface area contributed by atoms with E-state index in [2.05, 4.69) is 21.0 Å². The summed E-state index contributed by atoms with van der Waals surface area (Å²) in [4.78, 5) is 13.0. The molecule has 4 nitrogen and oxygen atoms in total. The number of aromatic nitrogens is 3. The highest BCUT2D eigenvalue weighted by molar-refractivity contribution is 7.13. The summed E-state index contributed by atoms with van der Waals surface area (Å²) in [6.07, 6.45) is 0. The first-order chi connectivity index (χ1) is 8.28. The second-order valence-electron chi connectivity index (χ2n) is 3.70. The molecule has 0 saturated carbocycles. The highest BCUT2D eigenvalue weighted by Gasteiger charge is 2.10. The minimum absolute atomic E-state index is 0.633. The third kappa shape index (κ3) is 1.59. The molecule has 2 aromatic heterocycles. The van der Waals surface area contributed by atoms with E-state index >= 15 is 0 Å². The van der Waals surface area contributed by atoms with Gasteiger partial charge in [-0.25, -0.2) is 9.97 Å². The van der Waals surface area contributed by atoms with Crippen LogP contribution in [-0.4, -0.2) is 15.0 Å². The van der Waals surface area contributed by atoms with Crippen molar-refractivity contribution in [2.45, 2.75) is 6.92 Å². The highest BCUT2D eigenvalue weighted by Crippen LogP contribution is 2.26. The molecule has 0 aliphatic carbocycles. The molecule has 17 heavy (non-hydrogen) atoms. The number of rotatable bonds is 1. The molecule has 3 aromatic rings. The number of nitriles is 1. The first-order valence-corrected chi connectivity index (χ1v) is 5.96. The molecule has 1 aromatic carbocycles. The van der Waals surface area contributed by atoms with Gasteiger partial charge in [-0.05, 0) is 25.1 Å². The zero-order valence-electron chi connectivity index (χ0n) is 9.06. The first-order valence-electron chi connectivity index (χ1n) is 5.08. The number of fused-ring (bicyclic) bond motifs is 1. The molecule has 82 valence electrons. The van der Waals surface area contributed by atoms with E-state index in [-0.39, 0.29) is 0 Å². The first kappa shape index (κ1) is 10.00. The summed E-state index contributed by atoms with van der Waals surface area (Å²) < 4.78 is 0. The fraction of sp³-hybridized carbons (Fsp3) is 0.0833. The quantitative estimate of drug-likeness (QED) is 0.711. The van der Waals surface area contributed by atoms with E-state index in [0.29, 0.717) is 5.56 Å². The monoisotopic (exact) mass is 240 g/mol. The SMILES string of the molecule is Cc1ncsc1-c1nc2ccc(C#N)cc2[nH]1. The van der Waals surface area contributed by atoms with Crippen LogP contribution in [0.1, 0.15) is 11.3 Å². The standard InChI is InChI=1S/C12H8N4S/c1-7-11(17-6-14-7)12-15-9-3-2-8(5-13)4-10(9)16-12/h2-4,6H,1H3,(H,15,16). The Bertz CT molecular complexity index is 732. The maximum absolute atomic E-state index is 8.84. The summed E-state index contributed by atoms with van der Waals surface area (Å²) in [6.45, 7) is 1.96. The Labute approximate surface area is 102 Å². The lowest BCUT2D eigenvalue weighted by molar-refractivity contribution is 1.24. The number of thiazole rings is 1. The van der Waals surface area contributed by atoms with Crippen molar-refractivity contribution in [3.8, 4) is 16.8 Å². The molecule has 0 aliphatic heterocycles. The zero-order chi connectivity index (χ0) is 11.8. The maximum Gasteiger partial charge on any atom is 0.150 e. The number of hydrogen-bond donors (Lipinski definition) is 1. The predicted octanol–water partition coefficient (Wildman–Crippen LogP) is 2.87. The van der Waals surface area contributed by atoms with Crippen LogP contribution in [0.2, 0.25) is 0 Å². The largest absolute Gasteiger partial charge is 0.337 e. The number of aromatic amines is 1. The van der Waals surface area contributed by atoms with Gasteiger partial charge in [-0.3, -0.25) is 0 Å². The van der Waals surface area contributed by atoms with Gasteiger partial charge in [0.15, 0.2) is 5.82 Å². The number of H-pyrrole nitrogens is 1. The van der Waals surface area contributed by atoms with Gasteiger partial charge in [-0.2, -0.15) is 5.26 Å². The van der Waals surface area contributed by atoms with Crippen LogP contribution >= 0.6 is 11.3 Å². The van der Waals surface area contributed by atoms with Crippen LogP contribution in [0.4, 0.5) is 0 Å². The van der Waals surface area contributed by atoms with E-state index < -0.39 is 0 Å². The van der Waals surface area contributed by atoms with Gasteiger partial charge in [-0.1, -0.05) is 0 Å². The fourth-order valence-corrected chi connectivity index (χ4v) is 2.46. The molecule has 0 fully saturated rings. The fourth-order valence-electron chi connectivity index (χ4n) is 1.72. The second kappa shape index (κ2) is 3.68. The molecule has 3 rings (SSSR count). The van der Waals surface area contributed by atoms with Crippen molar-refractivity contribution in [3.63, 3.8) is 0 Å². The van der Waals surface area contributed by atoms with Gasteiger partial charge in [0.1, 0.15) is 0 Å². The van der Waals surface area contributed by atoms with Crippen LogP contribution in [0.5, 0.6) is 0 Å². The van der Waals surface area contributed by atoms with Gasteiger partial charge < -0.3 is 4.98 Å². The molecule has 0 unspecified atom stereocenters. The summed E-state index contributed by atoms with van der Waals surface area (Å²) in [5.41, 5.74) is 5.15. The maximum atomic E-state index is 8.84. The smallest absolute Gasteiger partial charge is 0.150 e. The molecule has 0 atom stereocenters. The van der Waals surface area contributed by atoms with Gasteiger partial charge >= 0.3 is 0 Å². The summed E-state index contributed by atoms with van der Waals surface area (Å²) >= 11 is 1.56. The van der Waals surface area contributed by atoms with Gasteiger partial charge in [0.05, 0.1) is 38.7 Å². The molecule has 2 heterocycles. The Hall–Kier alpha value is -2.19. The van der Waals surface area contributed by atoms with Crippen molar-refractivity contribution < 1.29 is 0 Å². The molecule has 0 radical (unpaired) electrons. The number of nitrogens with one attached hydrogen (secondary N) is 1. The van der Waals surface area contributed by atoms with Gasteiger partial charge in [-0.15, -0.1) is 11.3 Å². The van der Waals surface area contributed by atoms with E-state index in [1.165, 1.54) is 0 Å². The second-order valence-corrected chi connectivity index (χ2v) is 4.55. The predicted molar refractivity (Wildman–Crippen MR) is 66.7 cm³/mol. The average molecular weight is 240 g/mol. The Morgan fingerprint density at radius 3 is 3.00 bits per heavy atom. The Balaban J connectivity index is 2.21. The molecule has 5 heteroatoms. The summed E-state index contributed by atoms with van der Waals surface area (Å²) in [6, 6.07) is 7.55. The van der Waals surface area contributed by atoms with Crippen molar-refractivity contribution >= 4 is 22.4 Å². The zero-order valence-corrected chi connectivity index (χ0v) is 9.88. The molecular formula is C12H8N4S. The minimum Gasteiger partial charge on any atom is -0.337 e. The number of imidazole rings is 1. The van der Waals surface area contributed by atoms with Crippen molar-refractivity contribution in [2.24, 2.45) is 0 Å². The van der Waals surface area contributed by atoms with Crippen LogP contribution in [0, 0.1) is 18.3 Å². The minimum atomic E-state index is 0.633. The van der Waals surface area contributed by atoms with Crippen LogP contribution < -0.4 is 0 Å². The van der Waals surface area contributed by atoms with Crippen LogP contribution in [-0.2, 0) is 0 Å². The third-order valence-electron chi connectivity index (χ3n) is 2.57. The number of nitrogens with zero attached hydrogens (tertiary/aromatic N) is 3. The average Bonchev–Trinajstić information content (AvgIpc) is 2.93. The molecule has 0 saturated heterocycles. The van der Waals surface area contributed by atoms with Crippen molar-refractivity contribution in [3.05, 3.63) is 35.0 Å². The summed E-state index contributed by atoms with van der Waals surface area (Å²) in [5.74, 6) is 0.815. The Morgan fingerprint density at radius 1 is 1.41 bits per heavy atom. The van der Waals surface area contributed by atoms with Crippen LogP contribution in [0.25, 0.3) is 21.7 Å². The Kier molecular flexibility index (Phi) is 2.16. The molecule has 1 N–H and O–H groups in total. The van der Waals surface area contributed by atoms with E-state index in [4.69, 9.17) is 5.26 Å². The van der Waals surface area contributed by atoms with E-state index in [1.807, 2.05) is 19.1 Å². The highest BCUT2D eigenvalue weighted by atomic mass is 32.1. The summed E-state index contributed by atoms with van der Waals surface area (Å²) in [5, 5.41) is 8.84. The van der Waals surface area contributed by atoms with Gasteiger partial charge in [0.2, 0.25) is 0 Å². The van der Waals surface area contributed by atoms with Crippen LogP contribution in [0.15, 0.2) is 23.7 Å². The van der Waals surface area contributed by atoms with Crippen molar-refractivity contribution in [1.82, 2.24) is 15.0 Å². The lowest BCUT2D eigenvalue weighted by Gasteiger charge is -1.90. The normalized spacial score (nSPS) is 10.6. The topological polar surface area (TPSA) is 65.4 Å². The molecule has 0 spiro atoms. The van der Waals surface area contributed by atoms with Gasteiger partial charge in [0, 0.05) is 0 Å². The molecule has 0 aliphatic rings. The van der Waals surface area contributed by atoms with E-state index in [0.717, 1.165) is 27.4 Å². The molecule has 0 bridgehead atoms. The summed E-state index contributed by atoms with van der Waals surface area (Å²) in [7, 11) is 0. The number of benzene rings is 1. The van der Waals surface area contributed by atoms with Crippen molar-refractivity contribution in [2.75, 3.05) is 0 Å². The van der Waals surface area contributed by atoms with Crippen molar-refractivity contribution in [1.29, 1.82) is 5.26 Å². The molecular weight excluding hydrogens is 232 g/mol. The number of aryl methyl sites for hydroxylation is 1. The third-order valence-corrected chi connectivity index (χ3v) is 3.51. The Morgan fingerprint density at radius 2 is 2.29 bits per heavy atom. The van der Waals surface area contributed by atoms with Crippen LogP contribution in [0.3, 0.4) is 0 Å². The van der Waals surface area contributed by atoms with E-state index in [9.17, 15) is 0 Å². The van der Waals surface area contributed by atoms with E-state index in [1.54, 1.807) is 22.9 Å². The lowest BCUT2D eigenvalue weighted by Crippen LogP contribution is -1.79. The molecule has 0 amide bonds. The van der Waals surface area contributed by atoms with Gasteiger partial charge in [0.25, 0.3) is 0 Å².